The third-order valence-electron chi connectivity index (χ3n) is 4.38. The predicted octanol–water partition coefficient (Wildman–Crippen LogP) is 5.24. The largest absolute Gasteiger partial charge is 0.300 e. The quantitative estimate of drug-likeness (QED) is 0.486. The van der Waals surface area contributed by atoms with Gasteiger partial charge in [-0.3, -0.25) is 4.90 Å². The van der Waals surface area contributed by atoms with E-state index in [4.69, 9.17) is 0 Å². The summed E-state index contributed by atoms with van der Waals surface area (Å²) in [6.45, 7) is 25.4. The molecule has 0 N–H and O–H groups in total. The summed E-state index contributed by atoms with van der Waals surface area (Å²) in [5.74, 6) is 0.722. The van der Waals surface area contributed by atoms with Crippen molar-refractivity contribution in [1.82, 2.24) is 9.80 Å². The van der Waals surface area contributed by atoms with Crippen LogP contribution < -0.4 is 0 Å². The first-order chi connectivity index (χ1) is 10.2. The second-order valence-electron chi connectivity index (χ2n) is 8.20. The minimum Gasteiger partial charge on any atom is -0.300 e. The molecule has 0 aromatic rings. The zero-order valence-electron chi connectivity index (χ0n) is 16.6. The van der Waals surface area contributed by atoms with Crippen LogP contribution in [-0.4, -0.2) is 47.6 Å². The first-order valence-corrected chi connectivity index (χ1v) is 9.54. The maximum Gasteiger partial charge on any atom is 0.0125 e. The molecule has 0 aliphatic rings. The van der Waals surface area contributed by atoms with Gasteiger partial charge in [0.25, 0.3) is 0 Å². The monoisotopic (exact) mass is 311 g/mol. The van der Waals surface area contributed by atoms with Crippen LogP contribution in [0.2, 0.25) is 0 Å². The van der Waals surface area contributed by atoms with E-state index in [2.05, 4.69) is 65.2 Å². The van der Waals surface area contributed by atoms with Crippen molar-refractivity contribution in [3.63, 3.8) is 0 Å². The van der Waals surface area contributed by atoms with Gasteiger partial charge in [0.05, 0.1) is 0 Å². The lowest BCUT2D eigenvalue weighted by molar-refractivity contribution is 0.111. The molecule has 0 heterocycles. The molecule has 1 atom stereocenters. The third kappa shape index (κ3) is 9.84. The Morgan fingerprint density at radius 1 is 0.909 bits per heavy atom. The molecule has 0 rings (SSSR count). The highest BCUT2D eigenvalue weighted by Gasteiger charge is 2.22. The Labute approximate surface area is 141 Å². The molecular formula is C20H43N2. The summed E-state index contributed by atoms with van der Waals surface area (Å²) in [6, 6.07) is 0.445. The van der Waals surface area contributed by atoms with E-state index in [0.717, 1.165) is 5.92 Å². The third-order valence-corrected chi connectivity index (χ3v) is 4.38. The SMILES string of the molecule is [CH2]C(CCN(CCCC)C(C)(C)C)N(CCCC)CC(C)C. The van der Waals surface area contributed by atoms with Gasteiger partial charge in [-0.15, -0.1) is 0 Å². The van der Waals surface area contributed by atoms with Crippen LogP contribution in [0, 0.1) is 12.8 Å². The Morgan fingerprint density at radius 2 is 1.45 bits per heavy atom. The first-order valence-electron chi connectivity index (χ1n) is 9.54. The molecular weight excluding hydrogens is 268 g/mol. The van der Waals surface area contributed by atoms with Gasteiger partial charge in [-0.1, -0.05) is 40.5 Å². The van der Waals surface area contributed by atoms with Crippen molar-refractivity contribution >= 4 is 0 Å². The van der Waals surface area contributed by atoms with Crippen LogP contribution in [0.3, 0.4) is 0 Å². The molecule has 0 fully saturated rings. The summed E-state index contributed by atoms with van der Waals surface area (Å²) >= 11 is 0. The molecule has 0 amide bonds. The summed E-state index contributed by atoms with van der Waals surface area (Å²) in [6.07, 6.45) is 6.31. The van der Waals surface area contributed by atoms with E-state index < -0.39 is 0 Å². The molecule has 22 heavy (non-hydrogen) atoms. The Bertz CT molecular complexity index is 255. The summed E-state index contributed by atoms with van der Waals surface area (Å²) in [4.78, 5) is 5.25. The molecule has 0 bridgehead atoms. The fourth-order valence-electron chi connectivity index (χ4n) is 2.87. The minimum absolute atomic E-state index is 0.265. The highest BCUT2D eigenvalue weighted by atomic mass is 15.2. The van der Waals surface area contributed by atoms with Gasteiger partial charge in [0.2, 0.25) is 0 Å². The van der Waals surface area contributed by atoms with E-state index in [1.807, 2.05) is 0 Å². The molecule has 1 radical (unpaired) electrons. The Kier molecular flexibility index (Phi) is 11.4. The summed E-state index contributed by atoms with van der Waals surface area (Å²) < 4.78 is 0. The molecule has 1 unspecified atom stereocenters. The molecule has 0 aromatic heterocycles. The number of hydrogen-bond acceptors (Lipinski definition) is 2. The zero-order valence-corrected chi connectivity index (χ0v) is 16.6. The number of nitrogens with zero attached hydrogens (tertiary/aromatic N) is 2. The standard InChI is InChI=1S/C20H43N2/c1-9-11-14-21(17-18(3)4)19(5)13-16-22(15-12-10-2)20(6,7)8/h18-19H,5,9-17H2,1-4,6-8H3. The molecule has 0 saturated heterocycles. The molecule has 0 saturated carbocycles. The average molecular weight is 312 g/mol. The minimum atomic E-state index is 0.265. The maximum absolute atomic E-state index is 4.48. The van der Waals surface area contributed by atoms with Crippen LogP contribution in [0.1, 0.15) is 80.6 Å². The van der Waals surface area contributed by atoms with Crippen molar-refractivity contribution in [2.45, 2.75) is 92.2 Å². The summed E-state index contributed by atoms with van der Waals surface area (Å²) in [7, 11) is 0. The van der Waals surface area contributed by atoms with Crippen LogP contribution in [0.5, 0.6) is 0 Å². The Hall–Kier alpha value is -0.0800. The molecule has 0 aliphatic heterocycles. The maximum atomic E-state index is 4.48. The summed E-state index contributed by atoms with van der Waals surface area (Å²) in [5.41, 5.74) is 0.265. The highest BCUT2D eigenvalue weighted by molar-refractivity contribution is 4.81. The van der Waals surface area contributed by atoms with Gasteiger partial charge in [-0.25, -0.2) is 0 Å². The van der Waals surface area contributed by atoms with Crippen molar-refractivity contribution in [3.8, 4) is 0 Å². The number of rotatable bonds is 12. The van der Waals surface area contributed by atoms with E-state index in [1.165, 1.54) is 58.3 Å². The van der Waals surface area contributed by atoms with Crippen molar-refractivity contribution in [2.24, 2.45) is 5.92 Å². The molecule has 133 valence electrons. The zero-order chi connectivity index (χ0) is 17.2. The molecule has 0 aromatic carbocycles. The molecule has 2 heteroatoms. The van der Waals surface area contributed by atoms with E-state index in [1.54, 1.807) is 0 Å². The second-order valence-corrected chi connectivity index (χ2v) is 8.20. The van der Waals surface area contributed by atoms with Crippen molar-refractivity contribution in [1.29, 1.82) is 0 Å². The lowest BCUT2D eigenvalue weighted by Gasteiger charge is -2.38. The molecule has 2 nitrogen and oxygen atoms in total. The lowest BCUT2D eigenvalue weighted by atomic mass is 10.0. The normalized spacial score (nSPS) is 14.3. The van der Waals surface area contributed by atoms with Crippen LogP contribution >= 0.6 is 0 Å². The Balaban J connectivity index is 4.50. The highest BCUT2D eigenvalue weighted by Crippen LogP contribution is 2.17. The lowest BCUT2D eigenvalue weighted by Crippen LogP contribution is -2.45. The Morgan fingerprint density at radius 3 is 1.91 bits per heavy atom. The van der Waals surface area contributed by atoms with Gasteiger partial charge in [0, 0.05) is 24.7 Å². The predicted molar refractivity (Wildman–Crippen MR) is 101 cm³/mol. The van der Waals surface area contributed by atoms with Gasteiger partial charge in [0.15, 0.2) is 0 Å². The van der Waals surface area contributed by atoms with Crippen LogP contribution in [0.4, 0.5) is 0 Å². The van der Waals surface area contributed by atoms with Gasteiger partial charge >= 0.3 is 0 Å². The van der Waals surface area contributed by atoms with Gasteiger partial charge in [-0.2, -0.15) is 0 Å². The van der Waals surface area contributed by atoms with Crippen molar-refractivity contribution in [2.75, 3.05) is 26.2 Å². The second kappa shape index (κ2) is 11.5. The molecule has 0 aliphatic carbocycles. The number of unbranched alkanes of at least 4 members (excludes halogenated alkanes) is 2. The van der Waals surface area contributed by atoms with E-state index in [0.29, 0.717) is 6.04 Å². The smallest absolute Gasteiger partial charge is 0.0125 e. The first kappa shape index (κ1) is 21.9. The van der Waals surface area contributed by atoms with Crippen molar-refractivity contribution in [3.05, 3.63) is 6.92 Å². The van der Waals surface area contributed by atoms with Crippen molar-refractivity contribution < 1.29 is 0 Å². The van der Waals surface area contributed by atoms with Crippen LogP contribution in [-0.2, 0) is 0 Å². The number of hydrogen-bond donors (Lipinski definition) is 0. The molecule has 0 spiro atoms. The van der Waals surface area contributed by atoms with E-state index in [9.17, 15) is 0 Å². The van der Waals surface area contributed by atoms with Crippen LogP contribution in [0.15, 0.2) is 0 Å². The van der Waals surface area contributed by atoms with Gasteiger partial charge in [-0.05, 0) is 66.0 Å². The van der Waals surface area contributed by atoms with Crippen LogP contribution in [0.25, 0.3) is 0 Å². The topological polar surface area (TPSA) is 6.48 Å². The van der Waals surface area contributed by atoms with E-state index >= 15 is 0 Å². The van der Waals surface area contributed by atoms with Gasteiger partial charge < -0.3 is 4.90 Å². The average Bonchev–Trinajstić information content (AvgIpc) is 2.41. The summed E-state index contributed by atoms with van der Waals surface area (Å²) in [5, 5.41) is 0. The van der Waals surface area contributed by atoms with E-state index in [-0.39, 0.29) is 5.54 Å². The fraction of sp³-hybridized carbons (Fsp3) is 0.950. The fourth-order valence-corrected chi connectivity index (χ4v) is 2.87. The van der Waals surface area contributed by atoms with Gasteiger partial charge in [0.1, 0.15) is 0 Å².